The summed E-state index contributed by atoms with van der Waals surface area (Å²) in [5.74, 6) is 0. The second-order valence-corrected chi connectivity index (χ2v) is 10.8. The molecule has 0 heterocycles. The molecule has 36 heavy (non-hydrogen) atoms. The van der Waals surface area contributed by atoms with Crippen LogP contribution in [-0.4, -0.2) is 10.2 Å². The number of hydrogen-bond donors (Lipinski definition) is 2. The molecular formula is C34H30O2. The topological polar surface area (TPSA) is 40.5 Å². The van der Waals surface area contributed by atoms with E-state index >= 15 is 0 Å². The van der Waals surface area contributed by atoms with Gasteiger partial charge in [-0.2, -0.15) is 0 Å². The first-order chi connectivity index (χ1) is 17.3. The van der Waals surface area contributed by atoms with E-state index in [4.69, 9.17) is 0 Å². The maximum absolute atomic E-state index is 11.6. The van der Waals surface area contributed by atoms with Crippen molar-refractivity contribution in [3.63, 3.8) is 0 Å². The Labute approximate surface area is 211 Å². The van der Waals surface area contributed by atoms with Gasteiger partial charge in [0.05, 0.1) is 0 Å². The summed E-state index contributed by atoms with van der Waals surface area (Å²) in [4.78, 5) is 0. The maximum Gasteiger partial charge on any atom is 0.105 e. The van der Waals surface area contributed by atoms with E-state index in [1.54, 1.807) is 0 Å². The molecule has 0 aliphatic rings. The highest BCUT2D eigenvalue weighted by Gasteiger charge is 2.24. The molecule has 0 amide bonds. The molecule has 6 aromatic rings. The molecule has 178 valence electrons. The van der Waals surface area contributed by atoms with E-state index in [1.807, 2.05) is 66.7 Å². The normalized spacial score (nSPS) is 14.0. The number of aliphatic hydroxyl groups excluding tert-OH is 2. The van der Waals surface area contributed by atoms with E-state index in [0.29, 0.717) is 0 Å². The fourth-order valence-electron chi connectivity index (χ4n) is 5.49. The molecule has 6 aromatic carbocycles. The van der Waals surface area contributed by atoms with Crippen molar-refractivity contribution in [2.24, 2.45) is 0 Å². The van der Waals surface area contributed by atoms with Crippen LogP contribution in [0, 0.1) is 0 Å². The molecule has 2 unspecified atom stereocenters. The number of benzene rings is 6. The summed E-state index contributed by atoms with van der Waals surface area (Å²) in [5.41, 5.74) is 4.63. The van der Waals surface area contributed by atoms with Crippen LogP contribution in [0.5, 0.6) is 0 Å². The van der Waals surface area contributed by atoms with Crippen LogP contribution >= 0.6 is 0 Å². The van der Waals surface area contributed by atoms with Gasteiger partial charge in [-0.05, 0) is 71.6 Å². The standard InChI is InChI=1S/C34H30O2/c1-34(2,3)25-18-23-14-16-26-28(32(35)21-10-6-4-7-11-21)20-29(33(36)22-12-8-5-9-13-22)27-17-15-24(19-25)30(23)31(26)27/h4-20,32-33,35-36H,1-3H3. The molecule has 0 fully saturated rings. The van der Waals surface area contributed by atoms with Crippen molar-refractivity contribution in [2.75, 3.05) is 0 Å². The Morgan fingerprint density at radius 3 is 1.39 bits per heavy atom. The Morgan fingerprint density at radius 1 is 0.528 bits per heavy atom. The zero-order chi connectivity index (χ0) is 25.0. The van der Waals surface area contributed by atoms with Crippen LogP contribution in [0.3, 0.4) is 0 Å². The van der Waals surface area contributed by atoms with Crippen molar-refractivity contribution in [1.82, 2.24) is 0 Å². The van der Waals surface area contributed by atoms with Gasteiger partial charge in [-0.3, -0.25) is 0 Å². The van der Waals surface area contributed by atoms with Gasteiger partial charge in [0.1, 0.15) is 12.2 Å². The second kappa shape index (κ2) is 8.44. The highest BCUT2D eigenvalue weighted by Crippen LogP contribution is 2.44. The van der Waals surface area contributed by atoms with Gasteiger partial charge in [0, 0.05) is 0 Å². The Kier molecular flexibility index (Phi) is 5.33. The van der Waals surface area contributed by atoms with Crippen molar-refractivity contribution >= 4 is 32.3 Å². The minimum atomic E-state index is -0.803. The maximum atomic E-state index is 11.6. The predicted octanol–water partition coefficient (Wildman–Crippen LogP) is 8.04. The summed E-state index contributed by atoms with van der Waals surface area (Å²) in [6.45, 7) is 6.72. The summed E-state index contributed by atoms with van der Waals surface area (Å²) in [6, 6.07) is 34.7. The summed E-state index contributed by atoms with van der Waals surface area (Å²) in [7, 11) is 0. The van der Waals surface area contributed by atoms with Gasteiger partial charge in [0.2, 0.25) is 0 Å². The second-order valence-electron chi connectivity index (χ2n) is 10.8. The van der Waals surface area contributed by atoms with Crippen molar-refractivity contribution < 1.29 is 10.2 Å². The Bertz CT molecular complexity index is 1560. The molecule has 0 saturated carbocycles. The minimum Gasteiger partial charge on any atom is -0.384 e. The summed E-state index contributed by atoms with van der Waals surface area (Å²) in [6.07, 6.45) is -1.61. The van der Waals surface area contributed by atoms with E-state index in [0.717, 1.165) is 38.4 Å². The average molecular weight is 471 g/mol. The minimum absolute atomic E-state index is 0.0355. The fraction of sp³-hybridized carbons (Fsp3) is 0.176. The molecule has 0 radical (unpaired) electrons. The third-order valence-electron chi connectivity index (χ3n) is 7.47. The molecule has 0 spiro atoms. The van der Waals surface area contributed by atoms with Crippen LogP contribution in [0.1, 0.15) is 60.8 Å². The van der Waals surface area contributed by atoms with Gasteiger partial charge in [-0.25, -0.2) is 0 Å². The quantitative estimate of drug-likeness (QED) is 0.256. The van der Waals surface area contributed by atoms with Gasteiger partial charge in [0.25, 0.3) is 0 Å². The molecule has 0 aromatic heterocycles. The van der Waals surface area contributed by atoms with Crippen molar-refractivity contribution in [1.29, 1.82) is 0 Å². The molecule has 2 nitrogen and oxygen atoms in total. The lowest BCUT2D eigenvalue weighted by molar-refractivity contribution is 0.215. The first kappa shape index (κ1) is 22.7. The van der Waals surface area contributed by atoms with Gasteiger partial charge in [-0.15, -0.1) is 0 Å². The highest BCUT2D eigenvalue weighted by molar-refractivity contribution is 6.24. The third-order valence-corrected chi connectivity index (χ3v) is 7.47. The van der Waals surface area contributed by atoms with E-state index in [1.165, 1.54) is 21.7 Å². The van der Waals surface area contributed by atoms with Gasteiger partial charge in [-0.1, -0.05) is 118 Å². The molecule has 0 aliphatic heterocycles. The summed E-state index contributed by atoms with van der Waals surface area (Å²) in [5, 5.41) is 29.8. The third kappa shape index (κ3) is 3.65. The average Bonchev–Trinajstić information content (AvgIpc) is 2.90. The molecule has 2 atom stereocenters. The lowest BCUT2D eigenvalue weighted by Gasteiger charge is -2.24. The molecular weight excluding hydrogens is 440 g/mol. The number of aliphatic hydroxyl groups is 2. The van der Waals surface area contributed by atoms with E-state index < -0.39 is 12.2 Å². The van der Waals surface area contributed by atoms with Crippen LogP contribution in [0.2, 0.25) is 0 Å². The molecule has 2 heteroatoms. The summed E-state index contributed by atoms with van der Waals surface area (Å²) >= 11 is 0. The number of rotatable bonds is 4. The van der Waals surface area contributed by atoms with Gasteiger partial charge >= 0.3 is 0 Å². The Hall–Kier alpha value is -3.72. The Balaban J connectivity index is 1.71. The van der Waals surface area contributed by atoms with Crippen LogP contribution < -0.4 is 0 Å². The van der Waals surface area contributed by atoms with Crippen molar-refractivity contribution in [3.05, 3.63) is 131 Å². The first-order valence-electron chi connectivity index (χ1n) is 12.5. The van der Waals surface area contributed by atoms with Crippen LogP contribution in [-0.2, 0) is 5.41 Å². The lowest BCUT2D eigenvalue weighted by atomic mass is 9.81. The zero-order valence-corrected chi connectivity index (χ0v) is 20.9. The highest BCUT2D eigenvalue weighted by atomic mass is 16.3. The fourth-order valence-corrected chi connectivity index (χ4v) is 5.49. The van der Waals surface area contributed by atoms with Crippen molar-refractivity contribution in [3.8, 4) is 0 Å². The molecule has 0 saturated heterocycles. The van der Waals surface area contributed by atoms with Crippen LogP contribution in [0.25, 0.3) is 32.3 Å². The Morgan fingerprint density at radius 2 is 0.972 bits per heavy atom. The van der Waals surface area contributed by atoms with E-state index in [-0.39, 0.29) is 5.41 Å². The number of hydrogen-bond acceptors (Lipinski definition) is 2. The van der Waals surface area contributed by atoms with Crippen LogP contribution in [0.4, 0.5) is 0 Å². The van der Waals surface area contributed by atoms with Gasteiger partial charge < -0.3 is 10.2 Å². The van der Waals surface area contributed by atoms with E-state index in [9.17, 15) is 10.2 Å². The molecule has 0 aliphatic carbocycles. The largest absolute Gasteiger partial charge is 0.384 e. The smallest absolute Gasteiger partial charge is 0.105 e. The lowest BCUT2D eigenvalue weighted by Crippen LogP contribution is -2.11. The zero-order valence-electron chi connectivity index (χ0n) is 20.9. The van der Waals surface area contributed by atoms with E-state index in [2.05, 4.69) is 57.2 Å². The van der Waals surface area contributed by atoms with Crippen molar-refractivity contribution in [2.45, 2.75) is 38.4 Å². The monoisotopic (exact) mass is 470 g/mol. The SMILES string of the molecule is CC(C)(C)c1cc2ccc3c(C(O)c4ccccc4)cc(C(O)c4ccccc4)c4ccc(c1)c2c34. The van der Waals surface area contributed by atoms with Crippen LogP contribution in [0.15, 0.2) is 103 Å². The van der Waals surface area contributed by atoms with Gasteiger partial charge in [0.15, 0.2) is 0 Å². The summed E-state index contributed by atoms with van der Waals surface area (Å²) < 4.78 is 0. The first-order valence-corrected chi connectivity index (χ1v) is 12.5. The molecule has 6 rings (SSSR count). The molecule has 2 N–H and O–H groups in total. The molecule has 0 bridgehead atoms. The predicted molar refractivity (Wildman–Crippen MR) is 150 cm³/mol.